The summed E-state index contributed by atoms with van der Waals surface area (Å²) in [5.74, 6) is 0. The third-order valence-corrected chi connectivity index (χ3v) is 7.90. The summed E-state index contributed by atoms with van der Waals surface area (Å²) in [4.78, 5) is 0. The zero-order valence-electron chi connectivity index (χ0n) is 28.3. The molecule has 0 saturated carbocycles. The topological polar surface area (TPSA) is 36.9 Å². The van der Waals surface area contributed by atoms with Crippen molar-refractivity contribution in [3.05, 3.63) is 12.3 Å². The maximum absolute atomic E-state index is 6.19. The van der Waals surface area contributed by atoms with Crippen molar-refractivity contribution in [1.29, 1.82) is 0 Å². The van der Waals surface area contributed by atoms with Gasteiger partial charge in [-0.2, -0.15) is 0 Å². The number of unbranched alkanes of at least 4 members (excludes halogenated alkanes) is 22. The molecular weight excluding hydrogens is 508 g/mol. The van der Waals surface area contributed by atoms with E-state index in [1.165, 1.54) is 154 Å². The molecule has 246 valence electrons. The molecule has 4 nitrogen and oxygen atoms in total. The molecule has 0 rings (SSSR count). The SMILES string of the molecule is CCCCCCCCOCOC=CCCCCCCCCCC(OCCCCCCCC)OCCCCCCCC. The van der Waals surface area contributed by atoms with Crippen molar-refractivity contribution in [2.24, 2.45) is 0 Å². The van der Waals surface area contributed by atoms with Crippen molar-refractivity contribution in [2.75, 3.05) is 26.6 Å². The van der Waals surface area contributed by atoms with Gasteiger partial charge in [0.1, 0.15) is 0 Å². The molecule has 0 saturated heterocycles. The molecule has 0 aromatic carbocycles. The van der Waals surface area contributed by atoms with Gasteiger partial charge in [0.2, 0.25) is 0 Å². The lowest BCUT2D eigenvalue weighted by Crippen LogP contribution is -2.19. The average molecular weight is 583 g/mol. The van der Waals surface area contributed by atoms with E-state index < -0.39 is 0 Å². The Kier molecular flexibility index (Phi) is 36.9. The van der Waals surface area contributed by atoms with Crippen LogP contribution >= 0.6 is 0 Å². The van der Waals surface area contributed by atoms with Crippen LogP contribution < -0.4 is 0 Å². The van der Waals surface area contributed by atoms with Crippen LogP contribution in [0.5, 0.6) is 0 Å². The molecule has 4 heteroatoms. The van der Waals surface area contributed by atoms with Gasteiger partial charge >= 0.3 is 0 Å². The number of hydrogen-bond acceptors (Lipinski definition) is 4. The summed E-state index contributed by atoms with van der Waals surface area (Å²) in [6.07, 6.45) is 38.7. The van der Waals surface area contributed by atoms with Gasteiger partial charge in [0.05, 0.1) is 12.9 Å². The molecule has 0 amide bonds. The Labute approximate surface area is 258 Å². The normalized spacial score (nSPS) is 11.8. The van der Waals surface area contributed by atoms with Crippen LogP contribution in [0.15, 0.2) is 12.3 Å². The van der Waals surface area contributed by atoms with Crippen molar-refractivity contribution < 1.29 is 18.9 Å². The van der Waals surface area contributed by atoms with Gasteiger partial charge in [-0.15, -0.1) is 0 Å². The summed E-state index contributed by atoms with van der Waals surface area (Å²) in [5.41, 5.74) is 0. The first-order chi connectivity index (χ1) is 20.3. The predicted molar refractivity (Wildman–Crippen MR) is 178 cm³/mol. The van der Waals surface area contributed by atoms with Crippen molar-refractivity contribution in [1.82, 2.24) is 0 Å². The molecule has 0 aliphatic carbocycles. The molecule has 0 bridgehead atoms. The first kappa shape index (κ1) is 40.4. The van der Waals surface area contributed by atoms with E-state index in [0.29, 0.717) is 6.79 Å². The van der Waals surface area contributed by atoms with Crippen LogP contribution in [-0.2, 0) is 18.9 Å². The zero-order chi connectivity index (χ0) is 29.7. The van der Waals surface area contributed by atoms with E-state index in [9.17, 15) is 0 Å². The quantitative estimate of drug-likeness (QED) is 0.0418. The Morgan fingerprint density at radius 2 is 0.854 bits per heavy atom. The molecule has 0 aromatic rings. The predicted octanol–water partition coefficient (Wildman–Crippen LogP) is 12.4. The molecule has 0 unspecified atom stereocenters. The minimum atomic E-state index is 0.0104. The maximum atomic E-state index is 6.19. The Bertz CT molecular complexity index is 464. The fraction of sp³-hybridized carbons (Fsp3) is 0.946. The number of rotatable bonds is 36. The fourth-order valence-electron chi connectivity index (χ4n) is 5.13. The Balaban J connectivity index is 3.68. The van der Waals surface area contributed by atoms with Gasteiger partial charge < -0.3 is 18.9 Å². The third kappa shape index (κ3) is 35.5. The van der Waals surface area contributed by atoms with Gasteiger partial charge in [0.15, 0.2) is 13.1 Å². The lowest BCUT2D eigenvalue weighted by molar-refractivity contribution is -0.148. The van der Waals surface area contributed by atoms with Gasteiger partial charge in [0.25, 0.3) is 0 Å². The van der Waals surface area contributed by atoms with Crippen molar-refractivity contribution in [2.45, 2.75) is 200 Å². The number of allylic oxidation sites excluding steroid dienone is 1. The van der Waals surface area contributed by atoms with Gasteiger partial charge in [-0.05, 0) is 51.0 Å². The summed E-state index contributed by atoms with van der Waals surface area (Å²) >= 11 is 0. The van der Waals surface area contributed by atoms with Crippen LogP contribution in [0, 0.1) is 0 Å². The largest absolute Gasteiger partial charge is 0.475 e. The molecule has 0 aliphatic heterocycles. The molecule has 0 fully saturated rings. The van der Waals surface area contributed by atoms with Crippen molar-refractivity contribution in [3.63, 3.8) is 0 Å². The highest BCUT2D eigenvalue weighted by molar-refractivity contribution is 4.72. The van der Waals surface area contributed by atoms with E-state index in [1.54, 1.807) is 0 Å². The maximum Gasteiger partial charge on any atom is 0.188 e. The number of ether oxygens (including phenoxy) is 4. The smallest absolute Gasteiger partial charge is 0.188 e. The van der Waals surface area contributed by atoms with Crippen LogP contribution in [0.3, 0.4) is 0 Å². The summed E-state index contributed by atoms with van der Waals surface area (Å²) in [5, 5.41) is 0. The standard InChI is InChI=1S/C37H74O4/c1-4-7-10-13-22-27-32-38-36-39-33-28-23-20-18-16-17-19-21-26-31-37(40-34-29-24-14-11-8-5-2)41-35-30-25-15-12-9-6-3/h28,33,37H,4-27,29-32,34-36H2,1-3H3. The molecular formula is C37H74O4. The highest BCUT2D eigenvalue weighted by Gasteiger charge is 2.09. The first-order valence-electron chi connectivity index (χ1n) is 18.4. The van der Waals surface area contributed by atoms with Gasteiger partial charge in [-0.3, -0.25) is 0 Å². The van der Waals surface area contributed by atoms with Crippen LogP contribution in [0.2, 0.25) is 0 Å². The lowest BCUT2D eigenvalue weighted by Gasteiger charge is -2.19. The highest BCUT2D eigenvalue weighted by Crippen LogP contribution is 2.15. The average Bonchev–Trinajstić information content (AvgIpc) is 2.98. The van der Waals surface area contributed by atoms with Crippen LogP contribution in [0.4, 0.5) is 0 Å². The summed E-state index contributed by atoms with van der Waals surface area (Å²) in [7, 11) is 0. The van der Waals surface area contributed by atoms with Crippen molar-refractivity contribution >= 4 is 0 Å². The van der Waals surface area contributed by atoms with Crippen LogP contribution in [0.25, 0.3) is 0 Å². The van der Waals surface area contributed by atoms with E-state index in [-0.39, 0.29) is 6.29 Å². The second kappa shape index (κ2) is 37.4. The minimum absolute atomic E-state index is 0.0104. The molecule has 0 spiro atoms. The fourth-order valence-corrected chi connectivity index (χ4v) is 5.13. The van der Waals surface area contributed by atoms with Gasteiger partial charge in [-0.1, -0.05) is 149 Å². The Morgan fingerprint density at radius 3 is 1.37 bits per heavy atom. The molecule has 41 heavy (non-hydrogen) atoms. The van der Waals surface area contributed by atoms with Gasteiger partial charge in [-0.25, -0.2) is 0 Å². The van der Waals surface area contributed by atoms with E-state index in [2.05, 4.69) is 26.8 Å². The zero-order valence-corrected chi connectivity index (χ0v) is 28.3. The van der Waals surface area contributed by atoms with E-state index >= 15 is 0 Å². The molecule has 0 aliphatic rings. The third-order valence-electron chi connectivity index (χ3n) is 7.90. The summed E-state index contributed by atoms with van der Waals surface area (Å²) < 4.78 is 23.4. The molecule has 0 atom stereocenters. The molecule has 0 aromatic heterocycles. The molecule has 0 N–H and O–H groups in total. The monoisotopic (exact) mass is 583 g/mol. The molecule has 0 radical (unpaired) electrons. The van der Waals surface area contributed by atoms with Crippen LogP contribution in [0.1, 0.15) is 194 Å². The van der Waals surface area contributed by atoms with Crippen molar-refractivity contribution in [3.8, 4) is 0 Å². The summed E-state index contributed by atoms with van der Waals surface area (Å²) in [6.45, 7) is 9.74. The first-order valence-corrected chi connectivity index (χ1v) is 18.4. The van der Waals surface area contributed by atoms with E-state index in [4.69, 9.17) is 18.9 Å². The minimum Gasteiger partial charge on any atom is -0.475 e. The highest BCUT2D eigenvalue weighted by atomic mass is 16.7. The Hall–Kier alpha value is -0.580. The Morgan fingerprint density at radius 1 is 0.439 bits per heavy atom. The lowest BCUT2D eigenvalue weighted by atomic mass is 10.1. The molecule has 0 heterocycles. The van der Waals surface area contributed by atoms with E-state index in [1.807, 2.05) is 6.26 Å². The van der Waals surface area contributed by atoms with Gasteiger partial charge in [0, 0.05) is 13.2 Å². The second-order valence-electron chi connectivity index (χ2n) is 12.1. The number of hydrogen-bond donors (Lipinski definition) is 0. The second-order valence-corrected chi connectivity index (χ2v) is 12.1. The van der Waals surface area contributed by atoms with E-state index in [0.717, 1.165) is 39.1 Å². The summed E-state index contributed by atoms with van der Waals surface area (Å²) in [6, 6.07) is 0. The van der Waals surface area contributed by atoms with Crippen LogP contribution in [-0.4, -0.2) is 32.9 Å².